The summed E-state index contributed by atoms with van der Waals surface area (Å²) in [5.74, 6) is 0.678. The van der Waals surface area contributed by atoms with Gasteiger partial charge in [0.2, 0.25) is 0 Å². The van der Waals surface area contributed by atoms with Crippen LogP contribution in [0.2, 0.25) is 0 Å². The van der Waals surface area contributed by atoms with Gasteiger partial charge in [-0.05, 0) is 12.1 Å². The Hall–Kier alpha value is -1.39. The van der Waals surface area contributed by atoms with E-state index in [0.29, 0.717) is 17.9 Å². The predicted octanol–water partition coefficient (Wildman–Crippen LogP) is 0.783. The van der Waals surface area contributed by atoms with Gasteiger partial charge in [-0.1, -0.05) is 12.1 Å². The number of nitrogens with zero attached hydrogens (tertiary/aromatic N) is 1. The molecule has 0 spiro atoms. The molecule has 1 heterocycles. The summed E-state index contributed by atoms with van der Waals surface area (Å²) < 4.78 is 5.64. The van der Waals surface area contributed by atoms with Gasteiger partial charge in [-0.15, -0.1) is 0 Å². The highest BCUT2D eigenvalue weighted by atomic mass is 16.5. The van der Waals surface area contributed by atoms with E-state index < -0.39 is 0 Å². The highest BCUT2D eigenvalue weighted by Crippen LogP contribution is 2.15. The lowest BCUT2D eigenvalue weighted by Gasteiger charge is -2.27. The number of hydrogen-bond donors (Lipinski definition) is 1. The molecule has 4 heteroatoms. The molecule has 1 fully saturated rings. The Labute approximate surface area is 102 Å². The number of piperazine rings is 1. The summed E-state index contributed by atoms with van der Waals surface area (Å²) in [5, 5.41) is 3.31. The fourth-order valence-corrected chi connectivity index (χ4v) is 1.93. The van der Waals surface area contributed by atoms with E-state index in [4.69, 9.17) is 4.74 Å². The lowest BCUT2D eigenvalue weighted by atomic mass is 10.2. The lowest BCUT2D eigenvalue weighted by molar-refractivity contribution is 0.111. The van der Waals surface area contributed by atoms with E-state index in [2.05, 4.69) is 10.2 Å². The molecule has 1 N–H and O–H groups in total. The zero-order valence-electron chi connectivity index (χ0n) is 9.89. The summed E-state index contributed by atoms with van der Waals surface area (Å²) in [6.45, 7) is 5.77. The number of para-hydroxylation sites is 1. The van der Waals surface area contributed by atoms with Crippen LogP contribution in [0.5, 0.6) is 5.75 Å². The molecule has 0 unspecified atom stereocenters. The van der Waals surface area contributed by atoms with E-state index >= 15 is 0 Å². The quantitative estimate of drug-likeness (QED) is 0.765. The molecule has 1 aromatic rings. The second kappa shape index (κ2) is 6.37. The number of rotatable bonds is 5. The van der Waals surface area contributed by atoms with E-state index in [0.717, 1.165) is 39.0 Å². The average molecular weight is 234 g/mol. The molecule has 92 valence electrons. The summed E-state index contributed by atoms with van der Waals surface area (Å²) >= 11 is 0. The highest BCUT2D eigenvalue weighted by molar-refractivity contribution is 5.79. The molecule has 0 bridgehead atoms. The molecule has 0 radical (unpaired) electrons. The Morgan fingerprint density at radius 1 is 1.29 bits per heavy atom. The first-order valence-corrected chi connectivity index (χ1v) is 6.00. The predicted molar refractivity (Wildman–Crippen MR) is 66.6 cm³/mol. The molecule has 0 aromatic heterocycles. The zero-order valence-corrected chi connectivity index (χ0v) is 9.89. The number of carbonyl (C=O) groups is 1. The van der Waals surface area contributed by atoms with Crippen molar-refractivity contribution >= 4 is 6.29 Å². The lowest BCUT2D eigenvalue weighted by Crippen LogP contribution is -2.44. The second-order valence-corrected chi connectivity index (χ2v) is 4.10. The maximum absolute atomic E-state index is 10.8. The molecule has 2 rings (SSSR count). The molecule has 1 aliphatic rings. The first kappa shape index (κ1) is 12.1. The normalized spacial score (nSPS) is 16.7. The SMILES string of the molecule is O=Cc1ccccc1OCCN1CCNCC1. The van der Waals surface area contributed by atoms with Gasteiger partial charge in [-0.3, -0.25) is 9.69 Å². The molecule has 0 aliphatic carbocycles. The number of hydrogen-bond acceptors (Lipinski definition) is 4. The van der Waals surface area contributed by atoms with Crippen molar-refractivity contribution in [3.05, 3.63) is 29.8 Å². The third-order valence-corrected chi connectivity index (χ3v) is 2.92. The van der Waals surface area contributed by atoms with Crippen molar-refractivity contribution in [2.45, 2.75) is 0 Å². The van der Waals surface area contributed by atoms with Crippen molar-refractivity contribution in [2.75, 3.05) is 39.3 Å². The Morgan fingerprint density at radius 3 is 2.82 bits per heavy atom. The van der Waals surface area contributed by atoms with Crippen molar-refractivity contribution in [3.63, 3.8) is 0 Å². The first-order valence-electron chi connectivity index (χ1n) is 6.00. The van der Waals surface area contributed by atoms with Gasteiger partial charge in [0.05, 0.1) is 5.56 Å². The number of carbonyl (C=O) groups excluding carboxylic acids is 1. The molecular formula is C13H18N2O2. The fraction of sp³-hybridized carbons (Fsp3) is 0.462. The van der Waals surface area contributed by atoms with E-state index in [1.165, 1.54) is 0 Å². The van der Waals surface area contributed by atoms with Crippen LogP contribution in [-0.2, 0) is 0 Å². The smallest absolute Gasteiger partial charge is 0.153 e. The molecule has 0 amide bonds. The van der Waals surface area contributed by atoms with Crippen LogP contribution >= 0.6 is 0 Å². The van der Waals surface area contributed by atoms with Crippen LogP contribution < -0.4 is 10.1 Å². The average Bonchev–Trinajstić information content (AvgIpc) is 2.40. The summed E-state index contributed by atoms with van der Waals surface area (Å²) in [5.41, 5.74) is 0.618. The van der Waals surface area contributed by atoms with Gasteiger partial charge in [0.25, 0.3) is 0 Å². The van der Waals surface area contributed by atoms with Gasteiger partial charge < -0.3 is 10.1 Å². The van der Waals surface area contributed by atoms with Gasteiger partial charge in [0.1, 0.15) is 12.4 Å². The minimum absolute atomic E-state index is 0.618. The van der Waals surface area contributed by atoms with Gasteiger partial charge in [-0.2, -0.15) is 0 Å². The molecule has 17 heavy (non-hydrogen) atoms. The zero-order chi connectivity index (χ0) is 11.9. The van der Waals surface area contributed by atoms with Crippen LogP contribution in [0, 0.1) is 0 Å². The standard InChI is InChI=1S/C13H18N2O2/c16-11-12-3-1-2-4-13(12)17-10-9-15-7-5-14-6-8-15/h1-4,11,14H,5-10H2. The third-order valence-electron chi connectivity index (χ3n) is 2.92. The highest BCUT2D eigenvalue weighted by Gasteiger charge is 2.09. The second-order valence-electron chi connectivity index (χ2n) is 4.10. The van der Waals surface area contributed by atoms with Crippen LogP contribution in [0.3, 0.4) is 0 Å². The molecular weight excluding hydrogens is 216 g/mol. The minimum Gasteiger partial charge on any atom is -0.492 e. The van der Waals surface area contributed by atoms with Crippen LogP contribution in [0.1, 0.15) is 10.4 Å². The maximum atomic E-state index is 10.8. The van der Waals surface area contributed by atoms with E-state index in [9.17, 15) is 4.79 Å². The van der Waals surface area contributed by atoms with Gasteiger partial charge in [0, 0.05) is 32.7 Å². The third kappa shape index (κ3) is 3.54. The molecule has 0 saturated carbocycles. The van der Waals surface area contributed by atoms with Gasteiger partial charge >= 0.3 is 0 Å². The van der Waals surface area contributed by atoms with Crippen LogP contribution in [0.25, 0.3) is 0 Å². The summed E-state index contributed by atoms with van der Waals surface area (Å²) in [6, 6.07) is 7.33. The van der Waals surface area contributed by atoms with E-state index in [1.54, 1.807) is 6.07 Å². The summed E-state index contributed by atoms with van der Waals surface area (Å²) in [7, 11) is 0. The van der Waals surface area contributed by atoms with Crippen LogP contribution in [0.4, 0.5) is 0 Å². The maximum Gasteiger partial charge on any atom is 0.153 e. The largest absolute Gasteiger partial charge is 0.492 e. The molecule has 0 atom stereocenters. The van der Waals surface area contributed by atoms with Gasteiger partial charge in [0.15, 0.2) is 6.29 Å². The van der Waals surface area contributed by atoms with Crippen molar-refractivity contribution in [3.8, 4) is 5.75 Å². The Balaban J connectivity index is 1.79. The Morgan fingerprint density at radius 2 is 2.06 bits per heavy atom. The van der Waals surface area contributed by atoms with Crippen LogP contribution in [-0.4, -0.2) is 50.5 Å². The first-order chi connectivity index (χ1) is 8.40. The number of nitrogens with one attached hydrogen (secondary N) is 1. The van der Waals surface area contributed by atoms with Crippen molar-refractivity contribution in [1.29, 1.82) is 0 Å². The number of aldehydes is 1. The van der Waals surface area contributed by atoms with Crippen molar-refractivity contribution < 1.29 is 9.53 Å². The summed E-state index contributed by atoms with van der Waals surface area (Å²) in [4.78, 5) is 13.2. The molecule has 1 aromatic carbocycles. The molecule has 1 aliphatic heterocycles. The number of ether oxygens (including phenoxy) is 1. The summed E-state index contributed by atoms with van der Waals surface area (Å²) in [6.07, 6.45) is 0.833. The van der Waals surface area contributed by atoms with Crippen LogP contribution in [0.15, 0.2) is 24.3 Å². The van der Waals surface area contributed by atoms with Crippen molar-refractivity contribution in [2.24, 2.45) is 0 Å². The topological polar surface area (TPSA) is 41.6 Å². The monoisotopic (exact) mass is 234 g/mol. The fourth-order valence-electron chi connectivity index (χ4n) is 1.93. The molecule has 4 nitrogen and oxygen atoms in total. The Kier molecular flexibility index (Phi) is 4.53. The number of benzene rings is 1. The van der Waals surface area contributed by atoms with E-state index in [1.807, 2.05) is 18.2 Å². The molecule has 1 saturated heterocycles. The Bertz CT molecular complexity index is 362. The van der Waals surface area contributed by atoms with E-state index in [-0.39, 0.29) is 0 Å². The van der Waals surface area contributed by atoms with Gasteiger partial charge in [-0.25, -0.2) is 0 Å². The minimum atomic E-state index is 0.618. The van der Waals surface area contributed by atoms with Crippen molar-refractivity contribution in [1.82, 2.24) is 10.2 Å².